The van der Waals surface area contributed by atoms with E-state index < -0.39 is 23.1 Å². The predicted octanol–water partition coefficient (Wildman–Crippen LogP) is -0.0826. The van der Waals surface area contributed by atoms with Crippen LogP contribution in [0.2, 0.25) is 0 Å². The zero-order chi connectivity index (χ0) is 12.3. The van der Waals surface area contributed by atoms with Gasteiger partial charge in [0, 0.05) is 0 Å². The minimum Gasteiger partial charge on any atom is -0.479 e. The fourth-order valence-electron chi connectivity index (χ4n) is 0.706. The molecule has 0 saturated carbocycles. The predicted molar refractivity (Wildman–Crippen MR) is 51.1 cm³/mol. The number of hydrogen-bond donors (Lipinski definition) is 2. The number of esters is 1. The second-order valence-electron chi connectivity index (χ2n) is 4.19. The average molecular weight is 217 g/mol. The molecule has 2 N–H and O–H groups in total. The van der Waals surface area contributed by atoms with Gasteiger partial charge in [-0.2, -0.15) is 0 Å². The Kier molecular flexibility index (Phi) is 3.83. The maximum absolute atomic E-state index is 11.5. The third kappa shape index (κ3) is 3.57. The summed E-state index contributed by atoms with van der Waals surface area (Å²) >= 11 is 0. The standard InChI is InChI=1S/C9H15NO5/c1-8(2,3)15-7(14)9(4,6(12)13)10-5-11/h5H,1-4H3,(H,10,11)(H,12,13). The quantitative estimate of drug-likeness (QED) is 0.390. The highest BCUT2D eigenvalue weighted by Crippen LogP contribution is 2.14. The Morgan fingerprint density at radius 1 is 1.27 bits per heavy atom. The van der Waals surface area contributed by atoms with Gasteiger partial charge in [0.2, 0.25) is 11.9 Å². The third-order valence-corrected chi connectivity index (χ3v) is 1.58. The Morgan fingerprint density at radius 3 is 2.00 bits per heavy atom. The van der Waals surface area contributed by atoms with Gasteiger partial charge in [0.1, 0.15) is 5.60 Å². The maximum atomic E-state index is 11.5. The lowest BCUT2D eigenvalue weighted by atomic mass is 10.0. The molecule has 15 heavy (non-hydrogen) atoms. The summed E-state index contributed by atoms with van der Waals surface area (Å²) in [6, 6.07) is 0. The van der Waals surface area contributed by atoms with Gasteiger partial charge in [-0.05, 0) is 27.7 Å². The van der Waals surface area contributed by atoms with Crippen LogP contribution in [0.1, 0.15) is 27.7 Å². The van der Waals surface area contributed by atoms with Gasteiger partial charge < -0.3 is 15.2 Å². The summed E-state index contributed by atoms with van der Waals surface area (Å²) in [5.74, 6) is -2.47. The van der Waals surface area contributed by atoms with Crippen molar-refractivity contribution in [3.8, 4) is 0 Å². The Bertz CT molecular complexity index is 281. The first-order valence-corrected chi connectivity index (χ1v) is 4.31. The summed E-state index contributed by atoms with van der Waals surface area (Å²) < 4.78 is 4.88. The Hall–Kier alpha value is -1.59. The van der Waals surface area contributed by atoms with Crippen LogP contribution in [0.3, 0.4) is 0 Å². The molecule has 1 unspecified atom stereocenters. The number of amides is 1. The molecule has 0 aromatic carbocycles. The Morgan fingerprint density at radius 2 is 1.73 bits per heavy atom. The Labute approximate surface area is 87.6 Å². The summed E-state index contributed by atoms with van der Waals surface area (Å²) in [7, 11) is 0. The molecule has 0 spiro atoms. The van der Waals surface area contributed by atoms with E-state index in [4.69, 9.17) is 9.84 Å². The topological polar surface area (TPSA) is 92.7 Å². The number of carboxylic acids is 1. The number of carbonyl (C=O) groups is 3. The molecule has 0 saturated heterocycles. The van der Waals surface area contributed by atoms with Gasteiger partial charge >= 0.3 is 11.9 Å². The summed E-state index contributed by atoms with van der Waals surface area (Å²) in [6.45, 7) is 5.88. The van der Waals surface area contributed by atoms with Crippen molar-refractivity contribution in [1.29, 1.82) is 0 Å². The van der Waals surface area contributed by atoms with E-state index in [1.54, 1.807) is 20.8 Å². The second kappa shape index (κ2) is 4.29. The molecule has 1 amide bonds. The number of ether oxygens (including phenoxy) is 1. The molecule has 86 valence electrons. The monoisotopic (exact) mass is 217 g/mol. The molecule has 6 nitrogen and oxygen atoms in total. The van der Waals surface area contributed by atoms with Crippen molar-refractivity contribution in [2.75, 3.05) is 0 Å². The van der Waals surface area contributed by atoms with E-state index in [0.29, 0.717) is 0 Å². The number of carboxylic acid groups (broad SMARTS) is 1. The van der Waals surface area contributed by atoms with Gasteiger partial charge in [0.05, 0.1) is 0 Å². The van der Waals surface area contributed by atoms with E-state index in [1.807, 2.05) is 5.32 Å². The highest BCUT2D eigenvalue weighted by molar-refractivity contribution is 6.05. The van der Waals surface area contributed by atoms with Crippen molar-refractivity contribution in [2.24, 2.45) is 0 Å². The largest absolute Gasteiger partial charge is 0.479 e. The summed E-state index contributed by atoms with van der Waals surface area (Å²) in [4.78, 5) is 32.5. The van der Waals surface area contributed by atoms with Crippen molar-refractivity contribution >= 4 is 18.3 Å². The lowest BCUT2D eigenvalue weighted by molar-refractivity contribution is -0.170. The second-order valence-corrected chi connectivity index (χ2v) is 4.19. The van der Waals surface area contributed by atoms with Crippen LogP contribution in [0, 0.1) is 0 Å². The van der Waals surface area contributed by atoms with Crippen LogP contribution < -0.4 is 5.32 Å². The van der Waals surface area contributed by atoms with Gasteiger partial charge in [0.25, 0.3) is 0 Å². The molecule has 0 aromatic rings. The van der Waals surface area contributed by atoms with Crippen LogP contribution in [-0.4, -0.2) is 34.6 Å². The molecule has 0 aliphatic rings. The zero-order valence-electron chi connectivity index (χ0n) is 9.16. The van der Waals surface area contributed by atoms with Gasteiger partial charge in [0.15, 0.2) is 0 Å². The first kappa shape index (κ1) is 13.4. The van der Waals surface area contributed by atoms with Crippen LogP contribution in [0.25, 0.3) is 0 Å². The van der Waals surface area contributed by atoms with Crippen LogP contribution in [0.4, 0.5) is 0 Å². The SMILES string of the molecule is CC(C)(C)OC(=O)C(C)(NC=O)C(=O)O. The summed E-state index contributed by atoms with van der Waals surface area (Å²) in [6.07, 6.45) is 0.151. The number of aliphatic carboxylic acids is 1. The molecule has 0 aliphatic heterocycles. The van der Waals surface area contributed by atoms with Crippen molar-refractivity contribution in [3.05, 3.63) is 0 Å². The first-order chi connectivity index (χ1) is 6.63. The van der Waals surface area contributed by atoms with Crippen molar-refractivity contribution in [3.63, 3.8) is 0 Å². The van der Waals surface area contributed by atoms with E-state index in [-0.39, 0.29) is 6.41 Å². The number of rotatable bonds is 4. The highest BCUT2D eigenvalue weighted by atomic mass is 16.6. The van der Waals surface area contributed by atoms with Crippen LogP contribution >= 0.6 is 0 Å². The average Bonchev–Trinajstić information content (AvgIpc) is 2.00. The lowest BCUT2D eigenvalue weighted by Gasteiger charge is -2.27. The molecule has 1 atom stereocenters. The summed E-state index contributed by atoms with van der Waals surface area (Å²) in [5.41, 5.74) is -2.85. The normalized spacial score (nSPS) is 14.9. The number of hydrogen-bond acceptors (Lipinski definition) is 4. The van der Waals surface area contributed by atoms with Crippen molar-refractivity contribution in [2.45, 2.75) is 38.8 Å². The maximum Gasteiger partial charge on any atom is 0.343 e. The molecule has 0 aromatic heterocycles. The van der Waals surface area contributed by atoms with Gasteiger partial charge in [-0.25, -0.2) is 9.59 Å². The van der Waals surface area contributed by atoms with Crippen molar-refractivity contribution < 1.29 is 24.2 Å². The van der Waals surface area contributed by atoms with Crippen LogP contribution in [-0.2, 0) is 19.1 Å². The number of carbonyl (C=O) groups excluding carboxylic acids is 2. The fourth-order valence-corrected chi connectivity index (χ4v) is 0.706. The smallest absolute Gasteiger partial charge is 0.343 e. The highest BCUT2D eigenvalue weighted by Gasteiger charge is 2.44. The molecular weight excluding hydrogens is 202 g/mol. The molecule has 0 bridgehead atoms. The molecule has 0 rings (SSSR count). The summed E-state index contributed by atoms with van der Waals surface area (Å²) in [5, 5.41) is 10.7. The molecule has 0 fully saturated rings. The van der Waals surface area contributed by atoms with Crippen LogP contribution in [0.5, 0.6) is 0 Å². The number of nitrogens with one attached hydrogen (secondary N) is 1. The van der Waals surface area contributed by atoms with E-state index in [1.165, 1.54) is 0 Å². The van der Waals surface area contributed by atoms with E-state index in [2.05, 4.69) is 0 Å². The third-order valence-electron chi connectivity index (χ3n) is 1.58. The van der Waals surface area contributed by atoms with Gasteiger partial charge in [-0.3, -0.25) is 4.79 Å². The van der Waals surface area contributed by atoms with E-state index in [9.17, 15) is 14.4 Å². The molecule has 0 radical (unpaired) electrons. The Balaban J connectivity index is 4.87. The van der Waals surface area contributed by atoms with Crippen LogP contribution in [0.15, 0.2) is 0 Å². The zero-order valence-corrected chi connectivity index (χ0v) is 9.16. The molecule has 6 heteroatoms. The lowest BCUT2D eigenvalue weighted by Crippen LogP contribution is -2.57. The van der Waals surface area contributed by atoms with Crippen molar-refractivity contribution in [1.82, 2.24) is 5.32 Å². The minimum atomic E-state index is -2.05. The van der Waals surface area contributed by atoms with Gasteiger partial charge in [-0.15, -0.1) is 0 Å². The molecule has 0 heterocycles. The first-order valence-electron chi connectivity index (χ1n) is 4.31. The minimum absolute atomic E-state index is 0.151. The molecule has 0 aliphatic carbocycles. The van der Waals surface area contributed by atoms with E-state index in [0.717, 1.165) is 6.92 Å². The van der Waals surface area contributed by atoms with E-state index >= 15 is 0 Å². The molecular formula is C9H15NO5. The fraction of sp³-hybridized carbons (Fsp3) is 0.667. The van der Waals surface area contributed by atoms with Gasteiger partial charge in [-0.1, -0.05) is 0 Å².